The Morgan fingerprint density at radius 1 is 1.48 bits per heavy atom. The largest absolute Gasteiger partial charge is 0.386 e. The Bertz CT molecular complexity index is 720. The second-order valence-electron chi connectivity index (χ2n) is 6.51. The van der Waals surface area contributed by atoms with E-state index in [-0.39, 0.29) is 18.1 Å². The van der Waals surface area contributed by atoms with Gasteiger partial charge in [0, 0.05) is 45.0 Å². The van der Waals surface area contributed by atoms with Gasteiger partial charge in [-0.3, -0.25) is 9.78 Å². The molecular weight excluding hydrogens is 322 g/mol. The molecule has 1 saturated heterocycles. The van der Waals surface area contributed by atoms with Crippen LogP contribution < -0.4 is 4.90 Å². The van der Waals surface area contributed by atoms with Gasteiger partial charge in [0.2, 0.25) is 0 Å². The molecule has 134 valence electrons. The number of carbonyl (C=O) groups excluding carboxylic acids is 1. The number of nitrogens with zero attached hydrogens (tertiary/aromatic N) is 5. The number of amides is 1. The molecule has 3 heterocycles. The lowest BCUT2D eigenvalue weighted by atomic mass is 9.92. The number of likely N-dealkylation sites (N-methyl/N-ethyl adjacent to an activating group) is 1. The molecule has 1 atom stereocenters. The van der Waals surface area contributed by atoms with Crippen LogP contribution in [0.15, 0.2) is 29.2 Å². The van der Waals surface area contributed by atoms with Crippen LogP contribution in [0.3, 0.4) is 0 Å². The highest BCUT2D eigenvalue weighted by Crippen LogP contribution is 2.25. The predicted molar refractivity (Wildman–Crippen MR) is 91.3 cm³/mol. The normalized spacial score (nSPS) is 20.5. The molecule has 1 amide bonds. The summed E-state index contributed by atoms with van der Waals surface area (Å²) in [6.07, 6.45) is 7.06. The van der Waals surface area contributed by atoms with E-state index in [1.807, 2.05) is 11.8 Å². The molecule has 0 saturated carbocycles. The molecular formula is C17H23N5O3. The van der Waals surface area contributed by atoms with Gasteiger partial charge in [-0.25, -0.2) is 4.98 Å². The molecule has 25 heavy (non-hydrogen) atoms. The van der Waals surface area contributed by atoms with E-state index in [0.717, 1.165) is 18.8 Å². The number of carbonyl (C=O) groups is 1. The minimum Gasteiger partial charge on any atom is -0.386 e. The third-order valence-corrected chi connectivity index (χ3v) is 4.43. The summed E-state index contributed by atoms with van der Waals surface area (Å²) in [5.41, 5.74) is -0.734. The number of aliphatic hydroxyl groups is 1. The predicted octanol–water partition coefficient (Wildman–Crippen LogP) is 1.13. The highest BCUT2D eigenvalue weighted by Gasteiger charge is 2.36. The number of aromatic nitrogens is 3. The second kappa shape index (κ2) is 7.18. The molecule has 0 bridgehead atoms. The van der Waals surface area contributed by atoms with E-state index in [4.69, 9.17) is 4.52 Å². The average Bonchev–Trinajstić information content (AvgIpc) is 3.10. The van der Waals surface area contributed by atoms with Gasteiger partial charge in [-0.1, -0.05) is 12.1 Å². The molecule has 8 nitrogen and oxygen atoms in total. The standard InChI is InChI=1S/C17H23N5O3/c1-3-13-9-14(20-25-13)16(23)21(2)11-17(24)5-4-8-22(12-17)15-10-18-6-7-19-15/h6-7,9-10,24H,3-5,8,11-12H2,1-2H3/t17-/m1/s1. The van der Waals surface area contributed by atoms with Crippen molar-refractivity contribution in [3.05, 3.63) is 36.1 Å². The van der Waals surface area contributed by atoms with Gasteiger partial charge in [-0.2, -0.15) is 0 Å². The molecule has 1 aliphatic rings. The SMILES string of the molecule is CCc1cc(C(=O)N(C)C[C@]2(O)CCCN(c3cnccn3)C2)no1. The van der Waals surface area contributed by atoms with E-state index in [1.54, 1.807) is 31.7 Å². The van der Waals surface area contributed by atoms with Crippen molar-refractivity contribution < 1.29 is 14.4 Å². The Kier molecular flexibility index (Phi) is 4.98. The van der Waals surface area contributed by atoms with Crippen molar-refractivity contribution in [1.29, 1.82) is 0 Å². The lowest BCUT2D eigenvalue weighted by molar-refractivity contribution is -0.000390. The van der Waals surface area contributed by atoms with Crippen LogP contribution in [0.5, 0.6) is 0 Å². The first-order valence-electron chi connectivity index (χ1n) is 8.45. The fraction of sp³-hybridized carbons (Fsp3) is 0.529. The maximum absolute atomic E-state index is 12.5. The average molecular weight is 345 g/mol. The van der Waals surface area contributed by atoms with Crippen molar-refractivity contribution in [3.63, 3.8) is 0 Å². The van der Waals surface area contributed by atoms with Gasteiger partial charge in [0.25, 0.3) is 5.91 Å². The molecule has 1 aliphatic heterocycles. The Balaban J connectivity index is 1.66. The van der Waals surface area contributed by atoms with E-state index in [9.17, 15) is 9.90 Å². The Hall–Kier alpha value is -2.48. The van der Waals surface area contributed by atoms with Gasteiger partial charge in [0.05, 0.1) is 18.3 Å². The lowest BCUT2D eigenvalue weighted by Gasteiger charge is -2.41. The minimum absolute atomic E-state index is 0.219. The zero-order valence-electron chi connectivity index (χ0n) is 14.6. The van der Waals surface area contributed by atoms with Crippen molar-refractivity contribution in [2.24, 2.45) is 0 Å². The maximum Gasteiger partial charge on any atom is 0.275 e. The third kappa shape index (κ3) is 3.96. The van der Waals surface area contributed by atoms with E-state index < -0.39 is 5.60 Å². The highest BCUT2D eigenvalue weighted by molar-refractivity contribution is 5.92. The van der Waals surface area contributed by atoms with Gasteiger partial charge in [0.15, 0.2) is 5.69 Å². The van der Waals surface area contributed by atoms with Crippen LogP contribution >= 0.6 is 0 Å². The minimum atomic E-state index is -1.00. The van der Waals surface area contributed by atoms with Crippen LogP contribution in [0.2, 0.25) is 0 Å². The number of hydrogen-bond donors (Lipinski definition) is 1. The molecule has 0 radical (unpaired) electrons. The smallest absolute Gasteiger partial charge is 0.275 e. The van der Waals surface area contributed by atoms with E-state index in [0.29, 0.717) is 25.1 Å². The van der Waals surface area contributed by atoms with Crippen LogP contribution in [0.1, 0.15) is 36.0 Å². The van der Waals surface area contributed by atoms with Gasteiger partial charge in [-0.15, -0.1) is 0 Å². The summed E-state index contributed by atoms with van der Waals surface area (Å²) in [6, 6.07) is 1.65. The molecule has 0 aliphatic carbocycles. The highest BCUT2D eigenvalue weighted by atomic mass is 16.5. The summed E-state index contributed by atoms with van der Waals surface area (Å²) < 4.78 is 5.09. The van der Waals surface area contributed by atoms with Crippen LogP contribution in [-0.2, 0) is 6.42 Å². The molecule has 3 rings (SSSR count). The topological polar surface area (TPSA) is 95.6 Å². The maximum atomic E-state index is 12.5. The number of piperidine rings is 1. The fourth-order valence-electron chi connectivity index (χ4n) is 3.18. The summed E-state index contributed by atoms with van der Waals surface area (Å²) in [4.78, 5) is 24.4. The van der Waals surface area contributed by atoms with Crippen molar-refractivity contribution in [2.45, 2.75) is 31.8 Å². The van der Waals surface area contributed by atoms with Gasteiger partial charge < -0.3 is 19.4 Å². The quantitative estimate of drug-likeness (QED) is 0.868. The zero-order chi connectivity index (χ0) is 17.9. The molecule has 1 N–H and O–H groups in total. The summed E-state index contributed by atoms with van der Waals surface area (Å²) in [6.45, 7) is 3.37. The van der Waals surface area contributed by atoms with Crippen molar-refractivity contribution in [1.82, 2.24) is 20.0 Å². The first-order valence-corrected chi connectivity index (χ1v) is 8.45. The summed E-state index contributed by atoms with van der Waals surface area (Å²) in [5, 5.41) is 14.8. The molecule has 8 heteroatoms. The molecule has 0 unspecified atom stereocenters. The first kappa shape index (κ1) is 17.3. The molecule has 2 aromatic heterocycles. The molecule has 0 aromatic carbocycles. The number of β-amino-alcohol motifs (C(OH)–C–C–N with tert-alkyl or cyclic N) is 1. The lowest BCUT2D eigenvalue weighted by Crippen LogP contribution is -2.55. The summed E-state index contributed by atoms with van der Waals surface area (Å²) in [5.74, 6) is 1.15. The Morgan fingerprint density at radius 2 is 2.32 bits per heavy atom. The number of hydrogen-bond acceptors (Lipinski definition) is 7. The van der Waals surface area contributed by atoms with Crippen molar-refractivity contribution in [3.8, 4) is 0 Å². The van der Waals surface area contributed by atoms with E-state index >= 15 is 0 Å². The number of aryl methyl sites for hydroxylation is 1. The third-order valence-electron chi connectivity index (χ3n) is 4.43. The summed E-state index contributed by atoms with van der Waals surface area (Å²) in [7, 11) is 1.67. The Labute approximate surface area is 146 Å². The van der Waals surface area contributed by atoms with Gasteiger partial charge in [-0.05, 0) is 12.8 Å². The first-order chi connectivity index (χ1) is 12.0. The second-order valence-corrected chi connectivity index (χ2v) is 6.51. The molecule has 0 spiro atoms. The monoisotopic (exact) mass is 345 g/mol. The summed E-state index contributed by atoms with van der Waals surface area (Å²) >= 11 is 0. The number of rotatable bonds is 5. The molecule has 1 fully saturated rings. The van der Waals surface area contributed by atoms with E-state index in [1.165, 1.54) is 4.90 Å². The Morgan fingerprint density at radius 3 is 3.00 bits per heavy atom. The van der Waals surface area contributed by atoms with Crippen molar-refractivity contribution >= 4 is 11.7 Å². The zero-order valence-corrected chi connectivity index (χ0v) is 14.6. The van der Waals surface area contributed by atoms with Crippen LogP contribution in [-0.4, -0.2) is 63.3 Å². The molecule has 2 aromatic rings. The fourth-order valence-corrected chi connectivity index (χ4v) is 3.18. The van der Waals surface area contributed by atoms with Gasteiger partial charge >= 0.3 is 0 Å². The number of anilines is 1. The van der Waals surface area contributed by atoms with Crippen LogP contribution in [0.4, 0.5) is 5.82 Å². The van der Waals surface area contributed by atoms with E-state index in [2.05, 4.69) is 15.1 Å². The van der Waals surface area contributed by atoms with Crippen LogP contribution in [0, 0.1) is 0 Å². The van der Waals surface area contributed by atoms with Gasteiger partial charge in [0.1, 0.15) is 11.6 Å². The van der Waals surface area contributed by atoms with Crippen LogP contribution in [0.25, 0.3) is 0 Å². The van der Waals surface area contributed by atoms with Crippen molar-refractivity contribution in [2.75, 3.05) is 31.6 Å².